The molecule has 2 heteroatoms. The number of rotatable bonds is 2. The lowest BCUT2D eigenvalue weighted by atomic mass is 10.0. The van der Waals surface area contributed by atoms with Gasteiger partial charge in [-0.05, 0) is 38.3 Å². The third-order valence-electron chi connectivity index (χ3n) is 4.10. The Kier molecular flexibility index (Phi) is 2.72. The van der Waals surface area contributed by atoms with Gasteiger partial charge in [-0.1, -0.05) is 31.0 Å². The second-order valence-corrected chi connectivity index (χ2v) is 5.31. The van der Waals surface area contributed by atoms with Gasteiger partial charge in [-0.25, -0.2) is 0 Å². The summed E-state index contributed by atoms with van der Waals surface area (Å²) >= 11 is 0. The number of allylic oxidation sites excluding steroid dienone is 2. The summed E-state index contributed by atoms with van der Waals surface area (Å²) in [6.07, 6.45) is 5.00. The molecule has 1 aromatic carbocycles. The van der Waals surface area contributed by atoms with Crippen molar-refractivity contribution in [1.29, 1.82) is 0 Å². The summed E-state index contributed by atoms with van der Waals surface area (Å²) in [5, 5.41) is 0. The molecule has 0 aromatic heterocycles. The van der Waals surface area contributed by atoms with Crippen LogP contribution >= 0.6 is 0 Å². The summed E-state index contributed by atoms with van der Waals surface area (Å²) in [6, 6.07) is 8.21. The second-order valence-electron chi connectivity index (χ2n) is 5.31. The molecule has 1 heterocycles. The predicted octanol–water partition coefficient (Wildman–Crippen LogP) is 4.21. The van der Waals surface area contributed by atoms with Crippen LogP contribution in [0.5, 0.6) is 0 Å². The number of ether oxygens (including phenoxy) is 1. The standard InChI is InChI=1S/C16H21NO/c1-12-7-3-6-10-15(12)17-11-18-16(13(17)2)14-8-4-5-9-14/h3,6-7,10,14H,4-5,8-9,11H2,1-2H3/i11D. The van der Waals surface area contributed by atoms with Crippen LogP contribution in [0.15, 0.2) is 35.7 Å². The maximum absolute atomic E-state index is 8.21. The normalized spacial score (nSPS) is 25.6. The average molecular weight is 244 g/mol. The number of anilines is 1. The Morgan fingerprint density at radius 1 is 1.22 bits per heavy atom. The van der Waals surface area contributed by atoms with Crippen LogP contribution in [0.3, 0.4) is 0 Å². The number of aryl methyl sites for hydroxylation is 1. The van der Waals surface area contributed by atoms with Crippen molar-refractivity contribution < 1.29 is 6.11 Å². The van der Waals surface area contributed by atoms with Crippen molar-refractivity contribution in [2.75, 3.05) is 11.6 Å². The molecule has 1 fully saturated rings. The molecule has 1 aromatic rings. The molecule has 1 aliphatic heterocycles. The van der Waals surface area contributed by atoms with Gasteiger partial charge in [-0.15, -0.1) is 0 Å². The van der Waals surface area contributed by atoms with Crippen LogP contribution in [0.4, 0.5) is 5.69 Å². The van der Waals surface area contributed by atoms with Crippen molar-refractivity contribution in [2.45, 2.75) is 39.5 Å². The van der Waals surface area contributed by atoms with Crippen molar-refractivity contribution in [1.82, 2.24) is 0 Å². The number of nitrogens with zero attached hydrogens (tertiary/aromatic N) is 1. The summed E-state index contributed by atoms with van der Waals surface area (Å²) < 4.78 is 14.1. The minimum absolute atomic E-state index is 0.530. The average Bonchev–Trinajstić information content (AvgIpc) is 3.00. The SMILES string of the molecule is [2H]C1OC(C2CCCC2)=C(C)N1c1ccccc1C. The molecule has 18 heavy (non-hydrogen) atoms. The van der Waals surface area contributed by atoms with Gasteiger partial charge in [-0.3, -0.25) is 0 Å². The van der Waals surface area contributed by atoms with Crippen LogP contribution in [0.2, 0.25) is 0 Å². The number of hydrogen-bond acceptors (Lipinski definition) is 2. The molecular weight excluding hydrogens is 222 g/mol. The first-order valence-electron chi connectivity index (χ1n) is 7.41. The van der Waals surface area contributed by atoms with Crippen molar-refractivity contribution in [3.05, 3.63) is 41.3 Å². The van der Waals surface area contributed by atoms with Crippen molar-refractivity contribution in [2.24, 2.45) is 5.92 Å². The lowest BCUT2D eigenvalue weighted by Crippen LogP contribution is -2.18. The topological polar surface area (TPSA) is 12.5 Å². The Labute approximate surface area is 111 Å². The van der Waals surface area contributed by atoms with Crippen LogP contribution in [0.25, 0.3) is 0 Å². The summed E-state index contributed by atoms with van der Waals surface area (Å²) in [5.41, 5.74) is 3.41. The minimum Gasteiger partial charge on any atom is -0.475 e. The summed E-state index contributed by atoms with van der Waals surface area (Å²) in [7, 11) is 0. The monoisotopic (exact) mass is 244 g/mol. The molecule has 1 saturated carbocycles. The van der Waals surface area contributed by atoms with Crippen molar-refractivity contribution in [3.63, 3.8) is 0 Å². The summed E-state index contributed by atoms with van der Waals surface area (Å²) in [6.45, 7) is 3.55. The van der Waals surface area contributed by atoms with E-state index in [2.05, 4.69) is 26.0 Å². The molecule has 0 spiro atoms. The second kappa shape index (κ2) is 4.68. The molecule has 3 rings (SSSR count). The maximum Gasteiger partial charge on any atom is 0.165 e. The zero-order valence-electron chi connectivity index (χ0n) is 12.1. The van der Waals surface area contributed by atoms with E-state index in [1.165, 1.54) is 31.2 Å². The van der Waals surface area contributed by atoms with Crippen LogP contribution in [-0.2, 0) is 4.74 Å². The van der Waals surface area contributed by atoms with Crippen LogP contribution in [-0.4, -0.2) is 6.71 Å². The fourth-order valence-corrected chi connectivity index (χ4v) is 3.04. The minimum atomic E-state index is -0.628. The van der Waals surface area contributed by atoms with Gasteiger partial charge in [0.25, 0.3) is 0 Å². The zero-order valence-corrected chi connectivity index (χ0v) is 11.1. The first-order chi connectivity index (χ1) is 9.18. The quantitative estimate of drug-likeness (QED) is 0.772. The highest BCUT2D eigenvalue weighted by atomic mass is 16.5. The van der Waals surface area contributed by atoms with Crippen molar-refractivity contribution in [3.8, 4) is 0 Å². The van der Waals surface area contributed by atoms with E-state index in [1.807, 2.05) is 17.0 Å². The third kappa shape index (κ3) is 1.90. The molecule has 0 radical (unpaired) electrons. The van der Waals surface area contributed by atoms with Crippen LogP contribution in [0, 0.1) is 12.8 Å². The summed E-state index contributed by atoms with van der Waals surface area (Å²) in [5.74, 6) is 1.59. The lowest BCUT2D eigenvalue weighted by molar-refractivity contribution is 0.208. The molecule has 1 unspecified atom stereocenters. The zero-order chi connectivity index (χ0) is 13.4. The summed E-state index contributed by atoms with van der Waals surface area (Å²) in [4.78, 5) is 2.02. The Hall–Kier alpha value is -1.44. The Morgan fingerprint density at radius 3 is 2.67 bits per heavy atom. The first-order valence-corrected chi connectivity index (χ1v) is 6.83. The van der Waals surface area contributed by atoms with Gasteiger partial charge >= 0.3 is 0 Å². The largest absolute Gasteiger partial charge is 0.475 e. The van der Waals surface area contributed by atoms with E-state index in [-0.39, 0.29) is 0 Å². The van der Waals surface area contributed by atoms with E-state index in [9.17, 15) is 0 Å². The first kappa shape index (κ1) is 10.5. The van der Waals surface area contributed by atoms with E-state index in [0.717, 1.165) is 17.1 Å². The lowest BCUT2D eigenvalue weighted by Gasteiger charge is -2.19. The highest BCUT2D eigenvalue weighted by Crippen LogP contribution is 2.38. The third-order valence-corrected chi connectivity index (χ3v) is 4.10. The van der Waals surface area contributed by atoms with Crippen molar-refractivity contribution >= 4 is 5.69 Å². The number of hydrogen-bond donors (Lipinski definition) is 0. The molecule has 96 valence electrons. The Balaban J connectivity index is 1.95. The molecule has 1 atom stereocenters. The van der Waals surface area contributed by atoms with E-state index >= 15 is 0 Å². The fourth-order valence-electron chi connectivity index (χ4n) is 3.04. The van der Waals surface area contributed by atoms with Crippen LogP contribution in [0.1, 0.15) is 39.5 Å². The molecular formula is C16H21NO. The maximum atomic E-state index is 8.21. The molecule has 0 saturated heterocycles. The van der Waals surface area contributed by atoms with Gasteiger partial charge in [0.15, 0.2) is 6.71 Å². The van der Waals surface area contributed by atoms with Gasteiger partial charge in [0.2, 0.25) is 0 Å². The van der Waals surface area contributed by atoms with Crippen LogP contribution < -0.4 is 4.90 Å². The van der Waals surface area contributed by atoms with E-state index in [4.69, 9.17) is 6.11 Å². The van der Waals surface area contributed by atoms with E-state index in [1.54, 1.807) is 0 Å². The van der Waals surface area contributed by atoms with E-state index in [0.29, 0.717) is 5.92 Å². The molecule has 1 aliphatic carbocycles. The smallest absolute Gasteiger partial charge is 0.165 e. The van der Waals surface area contributed by atoms with Gasteiger partial charge in [0.1, 0.15) is 5.76 Å². The Morgan fingerprint density at radius 2 is 1.94 bits per heavy atom. The highest BCUT2D eigenvalue weighted by molar-refractivity contribution is 5.58. The van der Waals surface area contributed by atoms with Gasteiger partial charge in [-0.2, -0.15) is 0 Å². The van der Waals surface area contributed by atoms with Gasteiger partial charge in [0.05, 0.1) is 7.07 Å². The molecule has 0 bridgehead atoms. The highest BCUT2D eigenvalue weighted by Gasteiger charge is 2.30. The molecule has 2 aliphatic rings. The number of benzene rings is 1. The Bertz CT molecular complexity index is 505. The fraction of sp³-hybridized carbons (Fsp3) is 0.500. The number of para-hydroxylation sites is 1. The van der Waals surface area contributed by atoms with Gasteiger partial charge < -0.3 is 9.64 Å². The molecule has 0 N–H and O–H groups in total. The van der Waals surface area contributed by atoms with E-state index < -0.39 is 6.71 Å². The predicted molar refractivity (Wildman–Crippen MR) is 74.3 cm³/mol. The van der Waals surface area contributed by atoms with Gasteiger partial charge in [0, 0.05) is 11.6 Å². The molecule has 0 amide bonds. The molecule has 2 nitrogen and oxygen atoms in total.